The molecule has 2 amide bonds. The molecule has 1 aromatic carbocycles. The zero-order chi connectivity index (χ0) is 12.0. The number of hydrogen-bond acceptors (Lipinski definition) is 2. The number of nitrogens with one attached hydrogen (secondary N) is 1. The molecule has 1 aromatic rings. The Morgan fingerprint density at radius 2 is 2.19 bits per heavy atom. The second kappa shape index (κ2) is 5.79. The summed E-state index contributed by atoms with van der Waals surface area (Å²) in [5.41, 5.74) is 0.582. The molecule has 82 valence electrons. The summed E-state index contributed by atoms with van der Waals surface area (Å²) in [6.45, 7) is 3.64. The minimum atomic E-state index is -0.496. The number of benzene rings is 1. The smallest absolute Gasteiger partial charge is 0.307 e. The van der Waals surface area contributed by atoms with Crippen LogP contribution in [0.3, 0.4) is 0 Å². The van der Waals surface area contributed by atoms with Crippen LogP contribution in [0.15, 0.2) is 36.9 Å². The Balaban J connectivity index is 2.67. The van der Waals surface area contributed by atoms with Crippen LogP contribution in [0.2, 0.25) is 5.02 Å². The third-order valence-electron chi connectivity index (χ3n) is 1.77. The van der Waals surface area contributed by atoms with E-state index in [9.17, 15) is 4.79 Å². The van der Waals surface area contributed by atoms with E-state index in [0.717, 1.165) is 4.90 Å². The Kier molecular flexibility index (Phi) is 4.37. The lowest BCUT2D eigenvalue weighted by Crippen LogP contribution is -2.30. The summed E-state index contributed by atoms with van der Waals surface area (Å²) in [5.74, 6) is 0. The van der Waals surface area contributed by atoms with Gasteiger partial charge in [-0.2, -0.15) is 5.26 Å². The van der Waals surface area contributed by atoms with E-state index in [1.807, 2.05) is 0 Å². The molecular formula is C11H10ClN3O. The Morgan fingerprint density at radius 3 is 2.69 bits per heavy atom. The highest BCUT2D eigenvalue weighted by molar-refractivity contribution is 6.30. The molecule has 0 unspecified atom stereocenters. The molecule has 16 heavy (non-hydrogen) atoms. The molecule has 0 atom stereocenters. The van der Waals surface area contributed by atoms with Crippen molar-refractivity contribution in [1.82, 2.24) is 4.90 Å². The maximum absolute atomic E-state index is 11.5. The van der Waals surface area contributed by atoms with E-state index in [2.05, 4.69) is 11.9 Å². The van der Waals surface area contributed by atoms with Crippen molar-refractivity contribution in [1.29, 1.82) is 5.26 Å². The van der Waals surface area contributed by atoms with E-state index in [-0.39, 0.29) is 6.54 Å². The molecule has 1 N–H and O–H groups in total. The minimum absolute atomic E-state index is 0.177. The average Bonchev–Trinajstić information content (AvgIpc) is 2.29. The van der Waals surface area contributed by atoms with Crippen LogP contribution >= 0.6 is 11.6 Å². The van der Waals surface area contributed by atoms with Crippen LogP contribution in [0.25, 0.3) is 0 Å². The largest absolute Gasteiger partial charge is 0.335 e. The summed E-state index contributed by atoms with van der Waals surface area (Å²) in [6.07, 6.45) is 3.24. The van der Waals surface area contributed by atoms with Gasteiger partial charge in [0.1, 0.15) is 0 Å². The number of carbonyl (C=O) groups excluding carboxylic acids is 1. The number of rotatable bonds is 3. The first kappa shape index (κ1) is 12.1. The number of hydrogen-bond donors (Lipinski definition) is 1. The van der Waals surface area contributed by atoms with Crippen LogP contribution in [0.1, 0.15) is 0 Å². The summed E-state index contributed by atoms with van der Waals surface area (Å²) in [6, 6.07) is 6.13. The van der Waals surface area contributed by atoms with Crippen LogP contribution in [-0.4, -0.2) is 17.5 Å². The average molecular weight is 236 g/mol. The number of nitriles is 1. The summed E-state index contributed by atoms with van der Waals surface area (Å²) in [5, 5.41) is 11.8. The molecule has 0 radical (unpaired) electrons. The molecule has 4 nitrogen and oxygen atoms in total. The fourth-order valence-electron chi connectivity index (χ4n) is 1.02. The van der Waals surface area contributed by atoms with Crippen LogP contribution < -0.4 is 5.32 Å². The van der Waals surface area contributed by atoms with Gasteiger partial charge in [0.2, 0.25) is 0 Å². The standard InChI is InChI=1S/C11H10ClN3O/c1-2-7-15(8-13)11(16)14-10-5-3-9(12)4-6-10/h2-6H,1,7H2,(H,14,16). The predicted molar refractivity (Wildman–Crippen MR) is 63.0 cm³/mol. The zero-order valence-corrected chi connectivity index (χ0v) is 9.24. The minimum Gasteiger partial charge on any atom is -0.307 e. The van der Waals surface area contributed by atoms with Crippen molar-refractivity contribution in [2.75, 3.05) is 11.9 Å². The number of amides is 2. The van der Waals surface area contributed by atoms with Crippen LogP contribution in [-0.2, 0) is 0 Å². The molecule has 0 fully saturated rings. The molecule has 0 saturated heterocycles. The SMILES string of the molecule is C=CCN(C#N)C(=O)Nc1ccc(Cl)cc1. The summed E-state index contributed by atoms with van der Waals surface area (Å²) < 4.78 is 0. The van der Waals surface area contributed by atoms with E-state index in [1.54, 1.807) is 30.5 Å². The van der Waals surface area contributed by atoms with Crippen LogP contribution in [0, 0.1) is 11.5 Å². The van der Waals surface area contributed by atoms with Crippen molar-refractivity contribution in [2.45, 2.75) is 0 Å². The maximum Gasteiger partial charge on any atom is 0.335 e. The van der Waals surface area contributed by atoms with Crippen molar-refractivity contribution in [3.63, 3.8) is 0 Å². The van der Waals surface area contributed by atoms with Crippen molar-refractivity contribution in [2.24, 2.45) is 0 Å². The Bertz CT molecular complexity index is 422. The zero-order valence-electron chi connectivity index (χ0n) is 8.48. The molecule has 0 heterocycles. The fourth-order valence-corrected chi connectivity index (χ4v) is 1.15. The van der Waals surface area contributed by atoms with Gasteiger partial charge in [0.05, 0.1) is 6.54 Å². The number of anilines is 1. The highest BCUT2D eigenvalue weighted by atomic mass is 35.5. The molecule has 0 aromatic heterocycles. The third kappa shape index (κ3) is 3.30. The summed E-state index contributed by atoms with van der Waals surface area (Å²) in [4.78, 5) is 12.5. The van der Waals surface area contributed by atoms with Gasteiger partial charge in [0, 0.05) is 10.7 Å². The van der Waals surface area contributed by atoms with E-state index in [0.29, 0.717) is 10.7 Å². The first-order valence-corrected chi connectivity index (χ1v) is 4.90. The molecule has 0 aliphatic carbocycles. The second-order valence-corrected chi connectivity index (χ2v) is 3.37. The van der Waals surface area contributed by atoms with Gasteiger partial charge in [0.15, 0.2) is 6.19 Å². The van der Waals surface area contributed by atoms with Gasteiger partial charge < -0.3 is 5.32 Å². The number of halogens is 1. The molecule has 0 aliphatic heterocycles. The van der Waals surface area contributed by atoms with Crippen LogP contribution in [0.4, 0.5) is 10.5 Å². The number of carbonyl (C=O) groups is 1. The van der Waals surface area contributed by atoms with Gasteiger partial charge in [-0.15, -0.1) is 6.58 Å². The van der Waals surface area contributed by atoms with Gasteiger partial charge in [-0.3, -0.25) is 0 Å². The molecule has 5 heteroatoms. The summed E-state index contributed by atoms with van der Waals surface area (Å²) >= 11 is 5.70. The lowest BCUT2D eigenvalue weighted by molar-refractivity contribution is 0.234. The fraction of sp³-hybridized carbons (Fsp3) is 0.0909. The lowest BCUT2D eigenvalue weighted by atomic mass is 10.3. The van der Waals surface area contributed by atoms with Gasteiger partial charge in [-0.1, -0.05) is 17.7 Å². The topological polar surface area (TPSA) is 56.1 Å². The van der Waals surface area contributed by atoms with Crippen molar-refractivity contribution < 1.29 is 4.79 Å². The monoisotopic (exact) mass is 235 g/mol. The van der Waals surface area contributed by atoms with Gasteiger partial charge in [-0.05, 0) is 24.3 Å². The van der Waals surface area contributed by atoms with Gasteiger partial charge in [-0.25, -0.2) is 9.69 Å². The molecule has 1 rings (SSSR count). The first-order chi connectivity index (χ1) is 7.67. The van der Waals surface area contributed by atoms with Crippen molar-refractivity contribution in [3.05, 3.63) is 41.9 Å². The first-order valence-electron chi connectivity index (χ1n) is 4.52. The normalized spacial score (nSPS) is 9.00. The Labute approximate surface area is 98.7 Å². The van der Waals surface area contributed by atoms with Crippen LogP contribution in [0.5, 0.6) is 0 Å². The number of nitrogens with zero attached hydrogens (tertiary/aromatic N) is 2. The molecule has 0 aliphatic rings. The lowest BCUT2D eigenvalue weighted by Gasteiger charge is -2.12. The van der Waals surface area contributed by atoms with E-state index < -0.39 is 6.03 Å². The van der Waals surface area contributed by atoms with E-state index in [1.165, 1.54) is 6.08 Å². The molecule has 0 spiro atoms. The number of urea groups is 1. The molecule has 0 bridgehead atoms. The Morgan fingerprint density at radius 1 is 1.56 bits per heavy atom. The highest BCUT2D eigenvalue weighted by Crippen LogP contribution is 2.13. The third-order valence-corrected chi connectivity index (χ3v) is 2.03. The van der Waals surface area contributed by atoms with E-state index >= 15 is 0 Å². The van der Waals surface area contributed by atoms with E-state index in [4.69, 9.17) is 16.9 Å². The summed E-state index contributed by atoms with van der Waals surface area (Å²) in [7, 11) is 0. The Hall–Kier alpha value is -1.99. The van der Waals surface area contributed by atoms with Crippen molar-refractivity contribution in [3.8, 4) is 6.19 Å². The quantitative estimate of drug-likeness (QED) is 0.498. The molecular weight excluding hydrogens is 226 g/mol. The maximum atomic E-state index is 11.5. The van der Waals surface area contributed by atoms with Gasteiger partial charge >= 0.3 is 6.03 Å². The van der Waals surface area contributed by atoms with Gasteiger partial charge in [0.25, 0.3) is 0 Å². The predicted octanol–water partition coefficient (Wildman–Crippen LogP) is 2.84. The highest BCUT2D eigenvalue weighted by Gasteiger charge is 2.10. The van der Waals surface area contributed by atoms with Crippen molar-refractivity contribution >= 4 is 23.3 Å². The molecule has 0 saturated carbocycles. The second-order valence-electron chi connectivity index (χ2n) is 2.94.